The smallest absolute Gasteiger partial charge is 0.245 e. The van der Waals surface area contributed by atoms with Crippen molar-refractivity contribution in [2.75, 3.05) is 6.54 Å². The van der Waals surface area contributed by atoms with Crippen LogP contribution in [0.2, 0.25) is 0 Å². The van der Waals surface area contributed by atoms with Gasteiger partial charge in [0.2, 0.25) is 11.8 Å². The van der Waals surface area contributed by atoms with Gasteiger partial charge in [-0.3, -0.25) is 9.59 Å². The number of hydrogen-bond donors (Lipinski definition) is 1. The van der Waals surface area contributed by atoms with E-state index in [4.69, 9.17) is 0 Å². The minimum Gasteiger partial charge on any atom is -0.342 e. The molecule has 2 fully saturated rings. The van der Waals surface area contributed by atoms with Gasteiger partial charge in [-0.2, -0.15) is 0 Å². The molecule has 120 valence electrons. The maximum Gasteiger partial charge on any atom is 0.245 e. The van der Waals surface area contributed by atoms with Crippen LogP contribution in [-0.2, 0) is 9.59 Å². The number of nitrogens with zero attached hydrogens (tertiary/aromatic N) is 1. The van der Waals surface area contributed by atoms with E-state index in [2.05, 4.69) is 19.2 Å². The Hall–Kier alpha value is -1.06. The number of piperazine rings is 1. The van der Waals surface area contributed by atoms with E-state index < -0.39 is 0 Å². The van der Waals surface area contributed by atoms with Gasteiger partial charge >= 0.3 is 0 Å². The molecule has 0 aromatic heterocycles. The largest absolute Gasteiger partial charge is 0.342 e. The first-order chi connectivity index (χ1) is 10.0. The topological polar surface area (TPSA) is 49.4 Å². The van der Waals surface area contributed by atoms with Crippen LogP contribution in [0, 0.1) is 11.8 Å². The number of rotatable bonds is 5. The van der Waals surface area contributed by atoms with Crippen molar-refractivity contribution >= 4 is 11.8 Å². The summed E-state index contributed by atoms with van der Waals surface area (Å²) >= 11 is 0. The van der Waals surface area contributed by atoms with Crippen molar-refractivity contribution in [1.82, 2.24) is 10.2 Å². The van der Waals surface area contributed by atoms with Crippen molar-refractivity contribution in [2.24, 2.45) is 11.8 Å². The molecule has 2 rings (SSSR count). The molecule has 4 nitrogen and oxygen atoms in total. The zero-order chi connectivity index (χ0) is 15.4. The summed E-state index contributed by atoms with van der Waals surface area (Å²) < 4.78 is 0. The Labute approximate surface area is 128 Å². The molecule has 2 aliphatic rings. The van der Waals surface area contributed by atoms with Gasteiger partial charge in [-0.05, 0) is 37.5 Å². The number of carbonyl (C=O) groups is 2. The summed E-state index contributed by atoms with van der Waals surface area (Å²) in [4.78, 5) is 27.0. The molecule has 1 saturated carbocycles. The molecule has 0 radical (unpaired) electrons. The van der Waals surface area contributed by atoms with Crippen LogP contribution < -0.4 is 5.32 Å². The molecule has 0 bridgehead atoms. The molecular formula is C17H30N2O2. The molecule has 21 heavy (non-hydrogen) atoms. The van der Waals surface area contributed by atoms with E-state index in [9.17, 15) is 9.59 Å². The monoisotopic (exact) mass is 294 g/mol. The highest BCUT2D eigenvalue weighted by atomic mass is 16.2. The summed E-state index contributed by atoms with van der Waals surface area (Å²) in [5.74, 6) is 1.18. The molecular weight excluding hydrogens is 264 g/mol. The molecule has 2 unspecified atom stereocenters. The van der Waals surface area contributed by atoms with E-state index in [0.29, 0.717) is 18.3 Å². The van der Waals surface area contributed by atoms with Crippen LogP contribution in [-0.4, -0.2) is 35.3 Å². The molecule has 2 amide bonds. The Morgan fingerprint density at radius 3 is 2.43 bits per heavy atom. The summed E-state index contributed by atoms with van der Waals surface area (Å²) in [6.07, 6.45) is 7.71. The first-order valence-corrected chi connectivity index (χ1v) is 8.63. The standard InChI is InChI=1S/C17H30N2O2/c1-4-15-16(20)18-14(10-12(2)3)17(21)19(15)11-13-8-6-5-7-9-13/h12-15H,4-11H2,1-3H3,(H,18,20). The van der Waals surface area contributed by atoms with Gasteiger partial charge in [0.05, 0.1) is 0 Å². The van der Waals surface area contributed by atoms with Crippen LogP contribution in [0.5, 0.6) is 0 Å². The summed E-state index contributed by atoms with van der Waals surface area (Å²) in [5, 5.41) is 2.94. The van der Waals surface area contributed by atoms with Crippen LogP contribution in [0.4, 0.5) is 0 Å². The minimum absolute atomic E-state index is 0.0403. The second-order valence-corrected chi connectivity index (χ2v) is 7.11. The molecule has 1 heterocycles. The molecule has 1 N–H and O–H groups in total. The first kappa shape index (κ1) is 16.3. The fourth-order valence-corrected chi connectivity index (χ4v) is 3.73. The molecule has 1 aliphatic heterocycles. The highest BCUT2D eigenvalue weighted by Crippen LogP contribution is 2.27. The third-order valence-electron chi connectivity index (χ3n) is 4.85. The van der Waals surface area contributed by atoms with Crippen LogP contribution in [0.1, 0.15) is 65.7 Å². The second kappa shape index (κ2) is 7.28. The van der Waals surface area contributed by atoms with Crippen molar-refractivity contribution in [3.8, 4) is 0 Å². The SMILES string of the molecule is CCC1C(=O)NC(CC(C)C)C(=O)N1CC1CCCCC1. The van der Waals surface area contributed by atoms with E-state index in [1.807, 2.05) is 11.8 Å². The Morgan fingerprint density at radius 2 is 1.86 bits per heavy atom. The van der Waals surface area contributed by atoms with Crippen LogP contribution >= 0.6 is 0 Å². The quantitative estimate of drug-likeness (QED) is 0.847. The van der Waals surface area contributed by atoms with Gasteiger partial charge in [-0.15, -0.1) is 0 Å². The van der Waals surface area contributed by atoms with Gasteiger partial charge in [0.15, 0.2) is 0 Å². The summed E-state index contributed by atoms with van der Waals surface area (Å²) in [6.45, 7) is 6.96. The zero-order valence-electron chi connectivity index (χ0n) is 13.7. The molecule has 1 aliphatic carbocycles. The molecule has 1 saturated heterocycles. The van der Waals surface area contributed by atoms with E-state index >= 15 is 0 Å². The van der Waals surface area contributed by atoms with E-state index in [1.54, 1.807) is 0 Å². The van der Waals surface area contributed by atoms with Crippen molar-refractivity contribution in [1.29, 1.82) is 0 Å². The lowest BCUT2D eigenvalue weighted by molar-refractivity contribution is -0.150. The van der Waals surface area contributed by atoms with Crippen molar-refractivity contribution in [3.63, 3.8) is 0 Å². The molecule has 0 aromatic rings. The summed E-state index contributed by atoms with van der Waals surface area (Å²) in [7, 11) is 0. The molecule has 4 heteroatoms. The van der Waals surface area contributed by atoms with E-state index in [0.717, 1.165) is 13.0 Å². The Bertz CT molecular complexity index is 375. The van der Waals surface area contributed by atoms with Crippen LogP contribution in [0.25, 0.3) is 0 Å². The zero-order valence-corrected chi connectivity index (χ0v) is 13.7. The molecule has 2 atom stereocenters. The average Bonchev–Trinajstić information content (AvgIpc) is 2.45. The predicted molar refractivity (Wildman–Crippen MR) is 83.8 cm³/mol. The van der Waals surface area contributed by atoms with Crippen molar-refractivity contribution in [2.45, 2.75) is 77.8 Å². The highest BCUT2D eigenvalue weighted by molar-refractivity contribution is 5.96. The lowest BCUT2D eigenvalue weighted by Gasteiger charge is -2.41. The highest BCUT2D eigenvalue weighted by Gasteiger charge is 2.40. The van der Waals surface area contributed by atoms with Crippen molar-refractivity contribution < 1.29 is 9.59 Å². The number of hydrogen-bond acceptors (Lipinski definition) is 2. The van der Waals surface area contributed by atoms with Gasteiger partial charge in [0.25, 0.3) is 0 Å². The first-order valence-electron chi connectivity index (χ1n) is 8.63. The molecule has 0 aromatic carbocycles. The van der Waals surface area contributed by atoms with Crippen LogP contribution in [0.3, 0.4) is 0 Å². The predicted octanol–water partition coefficient (Wildman–Crippen LogP) is 2.72. The lowest BCUT2D eigenvalue weighted by atomic mass is 9.87. The van der Waals surface area contributed by atoms with Gasteiger partial charge in [-0.1, -0.05) is 40.0 Å². The minimum atomic E-state index is -0.316. The Balaban J connectivity index is 2.08. The van der Waals surface area contributed by atoms with Gasteiger partial charge in [0, 0.05) is 6.54 Å². The van der Waals surface area contributed by atoms with Gasteiger partial charge in [0.1, 0.15) is 12.1 Å². The van der Waals surface area contributed by atoms with Crippen molar-refractivity contribution in [3.05, 3.63) is 0 Å². The third-order valence-corrected chi connectivity index (χ3v) is 4.85. The Kier molecular flexibility index (Phi) is 5.65. The number of carbonyl (C=O) groups excluding carboxylic acids is 2. The lowest BCUT2D eigenvalue weighted by Crippen LogP contribution is -2.64. The summed E-state index contributed by atoms with van der Waals surface area (Å²) in [5.41, 5.74) is 0. The van der Waals surface area contributed by atoms with Crippen LogP contribution in [0.15, 0.2) is 0 Å². The maximum absolute atomic E-state index is 12.8. The summed E-state index contributed by atoms with van der Waals surface area (Å²) in [6, 6.07) is -0.577. The third kappa shape index (κ3) is 3.98. The second-order valence-electron chi connectivity index (χ2n) is 7.11. The maximum atomic E-state index is 12.8. The molecule has 0 spiro atoms. The normalized spacial score (nSPS) is 28.1. The van der Waals surface area contributed by atoms with E-state index in [-0.39, 0.29) is 23.9 Å². The van der Waals surface area contributed by atoms with Gasteiger partial charge in [-0.25, -0.2) is 0 Å². The number of amides is 2. The van der Waals surface area contributed by atoms with Gasteiger partial charge < -0.3 is 10.2 Å². The average molecular weight is 294 g/mol. The Morgan fingerprint density at radius 1 is 1.19 bits per heavy atom. The number of nitrogens with one attached hydrogen (secondary N) is 1. The fraction of sp³-hybridized carbons (Fsp3) is 0.882. The van der Waals surface area contributed by atoms with E-state index in [1.165, 1.54) is 32.1 Å². The fourth-order valence-electron chi connectivity index (χ4n) is 3.73.